The average Bonchev–Trinajstić information content (AvgIpc) is 2.49. The van der Waals surface area contributed by atoms with Gasteiger partial charge in [0.15, 0.2) is 0 Å². The van der Waals surface area contributed by atoms with Gasteiger partial charge in [0.1, 0.15) is 5.82 Å². The summed E-state index contributed by atoms with van der Waals surface area (Å²) < 4.78 is 0.878. The largest absolute Gasteiger partial charge is 0.357 e. The van der Waals surface area contributed by atoms with Gasteiger partial charge in [-0.2, -0.15) is 4.98 Å². The molecule has 0 radical (unpaired) electrons. The van der Waals surface area contributed by atoms with Crippen molar-refractivity contribution in [3.05, 3.63) is 52.0 Å². The highest BCUT2D eigenvalue weighted by molar-refractivity contribution is 9.10. The summed E-state index contributed by atoms with van der Waals surface area (Å²) in [5.74, 6) is 1.31. The molecule has 0 saturated carbocycles. The van der Waals surface area contributed by atoms with Crippen LogP contribution in [0.15, 0.2) is 46.9 Å². The lowest BCUT2D eigenvalue weighted by atomic mass is 10.2. The van der Waals surface area contributed by atoms with Crippen molar-refractivity contribution in [3.8, 4) is 0 Å². The number of para-hydroxylation sites is 1. The van der Waals surface area contributed by atoms with Crippen molar-refractivity contribution in [3.63, 3.8) is 0 Å². The lowest BCUT2D eigenvalue weighted by Gasteiger charge is -2.12. The Morgan fingerprint density at radius 2 is 1.90 bits per heavy atom. The Morgan fingerprint density at radius 3 is 2.67 bits per heavy atom. The van der Waals surface area contributed by atoms with Crippen LogP contribution in [-0.4, -0.2) is 17.0 Å². The van der Waals surface area contributed by atoms with E-state index in [9.17, 15) is 0 Å². The second kappa shape index (κ2) is 5.87. The minimum Gasteiger partial charge on any atom is -0.357 e. The molecule has 0 spiro atoms. The Bertz CT molecular complexity index is 807. The normalized spacial score (nSPS) is 10.6. The SMILES string of the molecule is CNc1nc(Nc2ccc(Cl)cc2Br)c2ccccc2n1. The summed E-state index contributed by atoms with van der Waals surface area (Å²) in [6.45, 7) is 0. The van der Waals surface area contributed by atoms with Crippen LogP contribution in [0.1, 0.15) is 0 Å². The predicted octanol–water partition coefficient (Wildman–Crippen LogP) is 4.83. The minimum atomic E-state index is 0.571. The van der Waals surface area contributed by atoms with Crippen molar-refractivity contribution in [1.82, 2.24) is 9.97 Å². The molecular formula is C15H12BrClN4. The van der Waals surface area contributed by atoms with Crippen LogP contribution in [0.4, 0.5) is 17.5 Å². The molecule has 0 aliphatic carbocycles. The van der Waals surface area contributed by atoms with Gasteiger partial charge >= 0.3 is 0 Å². The summed E-state index contributed by atoms with van der Waals surface area (Å²) in [5.41, 5.74) is 1.77. The van der Waals surface area contributed by atoms with Crippen molar-refractivity contribution in [2.24, 2.45) is 0 Å². The van der Waals surface area contributed by atoms with E-state index in [4.69, 9.17) is 11.6 Å². The maximum Gasteiger partial charge on any atom is 0.224 e. The monoisotopic (exact) mass is 362 g/mol. The molecule has 6 heteroatoms. The second-order valence-electron chi connectivity index (χ2n) is 4.41. The van der Waals surface area contributed by atoms with Gasteiger partial charge in [0.05, 0.1) is 11.2 Å². The lowest BCUT2D eigenvalue weighted by Crippen LogP contribution is -2.02. The number of hydrogen-bond acceptors (Lipinski definition) is 4. The molecule has 0 unspecified atom stereocenters. The third-order valence-corrected chi connectivity index (χ3v) is 3.90. The van der Waals surface area contributed by atoms with E-state index in [1.165, 1.54) is 0 Å². The number of nitrogens with one attached hydrogen (secondary N) is 2. The number of anilines is 3. The predicted molar refractivity (Wildman–Crippen MR) is 91.5 cm³/mol. The van der Waals surface area contributed by atoms with Gasteiger partial charge < -0.3 is 10.6 Å². The fraction of sp³-hybridized carbons (Fsp3) is 0.0667. The van der Waals surface area contributed by atoms with Gasteiger partial charge in [-0.15, -0.1) is 0 Å². The molecule has 21 heavy (non-hydrogen) atoms. The molecule has 0 amide bonds. The standard InChI is InChI=1S/C15H12BrClN4/c1-18-15-20-12-5-3-2-4-10(12)14(21-15)19-13-7-6-9(17)8-11(13)16/h2-8H,1H3,(H2,18,19,20,21). The third-order valence-electron chi connectivity index (χ3n) is 3.01. The van der Waals surface area contributed by atoms with Crippen LogP contribution >= 0.6 is 27.5 Å². The summed E-state index contributed by atoms with van der Waals surface area (Å²) in [6.07, 6.45) is 0. The van der Waals surface area contributed by atoms with Gasteiger partial charge in [-0.3, -0.25) is 0 Å². The summed E-state index contributed by atoms with van der Waals surface area (Å²) in [4.78, 5) is 8.93. The van der Waals surface area contributed by atoms with E-state index in [0.717, 1.165) is 26.9 Å². The molecule has 2 N–H and O–H groups in total. The third kappa shape index (κ3) is 2.94. The Kier molecular flexibility index (Phi) is 3.94. The van der Waals surface area contributed by atoms with Gasteiger partial charge in [0, 0.05) is 21.9 Å². The first-order valence-corrected chi connectivity index (χ1v) is 7.51. The number of benzene rings is 2. The highest BCUT2D eigenvalue weighted by Gasteiger charge is 2.08. The van der Waals surface area contributed by atoms with Crippen molar-refractivity contribution in [2.75, 3.05) is 17.7 Å². The highest BCUT2D eigenvalue weighted by Crippen LogP contribution is 2.31. The number of hydrogen-bond donors (Lipinski definition) is 2. The molecule has 0 fully saturated rings. The molecule has 0 saturated heterocycles. The Morgan fingerprint density at radius 1 is 1.10 bits per heavy atom. The zero-order valence-electron chi connectivity index (χ0n) is 11.2. The minimum absolute atomic E-state index is 0.571. The van der Waals surface area contributed by atoms with E-state index in [1.54, 1.807) is 7.05 Å². The molecule has 1 aromatic heterocycles. The first kappa shape index (κ1) is 14.1. The van der Waals surface area contributed by atoms with Gasteiger partial charge in [-0.25, -0.2) is 4.98 Å². The van der Waals surface area contributed by atoms with Crippen LogP contribution in [0, 0.1) is 0 Å². The lowest BCUT2D eigenvalue weighted by molar-refractivity contribution is 1.19. The molecule has 0 atom stereocenters. The van der Waals surface area contributed by atoms with Crippen molar-refractivity contribution in [2.45, 2.75) is 0 Å². The quantitative estimate of drug-likeness (QED) is 0.699. The molecule has 0 aliphatic rings. The topological polar surface area (TPSA) is 49.8 Å². The van der Waals surface area contributed by atoms with Crippen LogP contribution in [-0.2, 0) is 0 Å². The molecule has 3 rings (SSSR count). The smallest absolute Gasteiger partial charge is 0.224 e. The molecular weight excluding hydrogens is 352 g/mol. The molecule has 0 aliphatic heterocycles. The molecule has 4 nitrogen and oxygen atoms in total. The van der Waals surface area contributed by atoms with E-state index in [-0.39, 0.29) is 0 Å². The fourth-order valence-corrected chi connectivity index (χ4v) is 2.78. The maximum absolute atomic E-state index is 5.97. The number of aromatic nitrogens is 2. The van der Waals surface area contributed by atoms with Gasteiger partial charge in [0.25, 0.3) is 0 Å². The van der Waals surface area contributed by atoms with Crippen LogP contribution in [0.3, 0.4) is 0 Å². The summed E-state index contributed by atoms with van der Waals surface area (Å²) >= 11 is 9.47. The zero-order valence-corrected chi connectivity index (χ0v) is 13.5. The first-order chi connectivity index (χ1) is 10.2. The van der Waals surface area contributed by atoms with Crippen molar-refractivity contribution in [1.29, 1.82) is 0 Å². The number of nitrogens with zero attached hydrogens (tertiary/aromatic N) is 2. The Labute approximate surface area is 135 Å². The summed E-state index contributed by atoms with van der Waals surface area (Å²) in [5, 5.41) is 7.93. The number of halogens is 2. The molecule has 3 aromatic rings. The van der Waals surface area contributed by atoms with Gasteiger partial charge in [-0.05, 0) is 46.3 Å². The summed E-state index contributed by atoms with van der Waals surface area (Å²) in [6, 6.07) is 13.4. The van der Waals surface area contributed by atoms with Crippen molar-refractivity contribution < 1.29 is 0 Å². The van der Waals surface area contributed by atoms with Crippen molar-refractivity contribution >= 4 is 55.9 Å². The Balaban J connectivity index is 2.10. The van der Waals surface area contributed by atoms with Crippen LogP contribution in [0.5, 0.6) is 0 Å². The first-order valence-electron chi connectivity index (χ1n) is 6.34. The fourth-order valence-electron chi connectivity index (χ4n) is 2.00. The second-order valence-corrected chi connectivity index (χ2v) is 5.70. The highest BCUT2D eigenvalue weighted by atomic mass is 79.9. The maximum atomic E-state index is 5.97. The van der Waals surface area contributed by atoms with Gasteiger partial charge in [0.2, 0.25) is 5.95 Å². The van der Waals surface area contributed by atoms with E-state index < -0.39 is 0 Å². The Hall–Kier alpha value is -1.85. The van der Waals surface area contributed by atoms with E-state index in [1.807, 2.05) is 42.5 Å². The van der Waals surface area contributed by atoms with Crippen LogP contribution < -0.4 is 10.6 Å². The molecule has 106 valence electrons. The van der Waals surface area contributed by atoms with E-state index in [0.29, 0.717) is 11.0 Å². The molecule has 2 aromatic carbocycles. The van der Waals surface area contributed by atoms with E-state index >= 15 is 0 Å². The number of rotatable bonds is 3. The van der Waals surface area contributed by atoms with Crippen LogP contribution in [0.25, 0.3) is 10.9 Å². The van der Waals surface area contributed by atoms with Gasteiger partial charge in [-0.1, -0.05) is 23.7 Å². The summed E-state index contributed by atoms with van der Waals surface area (Å²) in [7, 11) is 1.80. The van der Waals surface area contributed by atoms with E-state index in [2.05, 4.69) is 36.5 Å². The molecule has 0 bridgehead atoms. The average molecular weight is 364 g/mol. The molecule has 1 heterocycles. The van der Waals surface area contributed by atoms with Crippen LogP contribution in [0.2, 0.25) is 5.02 Å². The number of fused-ring (bicyclic) bond motifs is 1. The zero-order chi connectivity index (χ0) is 14.8.